The monoisotopic (exact) mass is 385 g/mol. The molecule has 3 aromatic rings. The fourth-order valence-electron chi connectivity index (χ4n) is 3.10. The Bertz CT molecular complexity index is 984. The number of H-pyrrole nitrogens is 1. The molecule has 4 rings (SSSR count). The summed E-state index contributed by atoms with van der Waals surface area (Å²) in [5, 5.41) is 13.5. The molecule has 28 heavy (non-hydrogen) atoms. The van der Waals surface area contributed by atoms with Gasteiger partial charge in [-0.3, -0.25) is 5.10 Å². The van der Waals surface area contributed by atoms with Crippen molar-refractivity contribution < 1.29 is 8.78 Å². The second-order valence-corrected chi connectivity index (χ2v) is 6.88. The summed E-state index contributed by atoms with van der Waals surface area (Å²) in [7, 11) is 0. The largest absolute Gasteiger partial charge is 0.368 e. The lowest BCUT2D eigenvalue weighted by Crippen LogP contribution is -2.14. The molecule has 0 spiro atoms. The smallest absolute Gasteiger partial charge is 0.223 e. The topological polar surface area (TPSA) is 105 Å². The lowest BCUT2D eigenvalue weighted by molar-refractivity contribution is 0.558. The SMILES string of the molecule is CCC(Nc1cc(Nc2cc(C3CC3)[nH]n2)nc(N)n1)c1ccc(F)cc1F. The van der Waals surface area contributed by atoms with Crippen LogP contribution in [0.2, 0.25) is 0 Å². The molecule has 1 aliphatic rings. The first-order valence-electron chi connectivity index (χ1n) is 9.20. The second kappa shape index (κ2) is 7.41. The molecule has 146 valence electrons. The Labute approximate surface area is 160 Å². The van der Waals surface area contributed by atoms with Crippen molar-refractivity contribution in [2.75, 3.05) is 16.4 Å². The van der Waals surface area contributed by atoms with Crippen LogP contribution in [-0.4, -0.2) is 20.2 Å². The van der Waals surface area contributed by atoms with Crippen molar-refractivity contribution in [3.63, 3.8) is 0 Å². The fourth-order valence-corrected chi connectivity index (χ4v) is 3.10. The maximum atomic E-state index is 14.1. The summed E-state index contributed by atoms with van der Waals surface area (Å²) in [6.45, 7) is 1.90. The number of benzene rings is 1. The molecule has 1 aromatic carbocycles. The van der Waals surface area contributed by atoms with Crippen molar-refractivity contribution >= 4 is 23.4 Å². The average Bonchev–Trinajstić information content (AvgIpc) is 3.39. The van der Waals surface area contributed by atoms with Crippen LogP contribution < -0.4 is 16.4 Å². The molecule has 2 aromatic heterocycles. The van der Waals surface area contributed by atoms with Crippen LogP contribution in [0.5, 0.6) is 0 Å². The Morgan fingerprint density at radius 1 is 1.14 bits per heavy atom. The minimum atomic E-state index is -0.613. The van der Waals surface area contributed by atoms with E-state index in [0.29, 0.717) is 35.4 Å². The van der Waals surface area contributed by atoms with Crippen molar-refractivity contribution in [3.8, 4) is 0 Å². The van der Waals surface area contributed by atoms with E-state index in [2.05, 4.69) is 30.8 Å². The standard InChI is InChI=1S/C19H21F2N7/c1-2-14(12-6-5-11(20)7-13(12)21)23-16-9-17(26-19(22)25-16)24-18-8-15(27-28-18)10-3-4-10/h5-10,14H,2-4H2,1H3,(H5,22,23,24,25,26,27,28). The normalized spacial score (nSPS) is 14.7. The van der Waals surface area contributed by atoms with E-state index in [1.54, 1.807) is 6.07 Å². The molecule has 1 unspecified atom stereocenters. The molecule has 0 radical (unpaired) electrons. The minimum absolute atomic E-state index is 0.0693. The molecule has 2 heterocycles. The van der Waals surface area contributed by atoms with Crippen molar-refractivity contribution in [2.24, 2.45) is 0 Å². The zero-order valence-electron chi connectivity index (χ0n) is 15.3. The Morgan fingerprint density at radius 2 is 1.93 bits per heavy atom. The van der Waals surface area contributed by atoms with Gasteiger partial charge in [0.1, 0.15) is 23.3 Å². The number of nitrogen functional groups attached to an aromatic ring is 1. The first kappa shape index (κ1) is 18.1. The van der Waals surface area contributed by atoms with E-state index in [1.165, 1.54) is 25.0 Å². The third-order valence-corrected chi connectivity index (χ3v) is 4.68. The molecule has 5 N–H and O–H groups in total. The molecule has 0 saturated heterocycles. The first-order valence-corrected chi connectivity index (χ1v) is 9.20. The number of aromatic nitrogens is 4. The fraction of sp³-hybridized carbons (Fsp3) is 0.316. The van der Waals surface area contributed by atoms with Crippen molar-refractivity contribution in [1.82, 2.24) is 20.2 Å². The molecular weight excluding hydrogens is 364 g/mol. The van der Waals surface area contributed by atoms with Crippen molar-refractivity contribution in [3.05, 3.63) is 53.2 Å². The zero-order chi connectivity index (χ0) is 19.7. The molecule has 1 atom stereocenters. The molecule has 0 aliphatic heterocycles. The Kier molecular flexibility index (Phi) is 4.81. The molecule has 1 saturated carbocycles. The molecule has 1 aliphatic carbocycles. The number of halogens is 2. The van der Waals surface area contributed by atoms with E-state index in [-0.39, 0.29) is 5.95 Å². The summed E-state index contributed by atoms with van der Waals surface area (Å²) in [5.74, 6) is 0.957. The molecule has 0 amide bonds. The lowest BCUT2D eigenvalue weighted by atomic mass is 10.0. The summed E-state index contributed by atoms with van der Waals surface area (Å²) in [5.41, 5.74) is 7.28. The number of anilines is 4. The van der Waals surface area contributed by atoms with E-state index in [4.69, 9.17) is 5.73 Å². The summed E-state index contributed by atoms with van der Waals surface area (Å²) < 4.78 is 27.3. The van der Waals surface area contributed by atoms with Gasteiger partial charge in [-0.2, -0.15) is 15.1 Å². The highest BCUT2D eigenvalue weighted by atomic mass is 19.1. The zero-order valence-corrected chi connectivity index (χ0v) is 15.3. The Balaban J connectivity index is 1.53. The molecule has 1 fully saturated rings. The first-order chi connectivity index (χ1) is 13.5. The number of hydrogen-bond donors (Lipinski definition) is 4. The van der Waals surface area contributed by atoms with Crippen LogP contribution >= 0.6 is 0 Å². The van der Waals surface area contributed by atoms with Gasteiger partial charge in [-0.1, -0.05) is 13.0 Å². The van der Waals surface area contributed by atoms with Crippen LogP contribution in [0.1, 0.15) is 49.4 Å². The quantitative estimate of drug-likeness (QED) is 0.485. The van der Waals surface area contributed by atoms with Crippen LogP contribution in [0.4, 0.5) is 32.2 Å². The van der Waals surface area contributed by atoms with Gasteiger partial charge in [-0.05, 0) is 25.3 Å². The number of nitrogens with two attached hydrogens (primary N) is 1. The summed E-state index contributed by atoms with van der Waals surface area (Å²) in [4.78, 5) is 8.34. The van der Waals surface area contributed by atoms with E-state index >= 15 is 0 Å². The maximum absolute atomic E-state index is 14.1. The van der Waals surface area contributed by atoms with Gasteiger partial charge in [-0.25, -0.2) is 8.78 Å². The van der Waals surface area contributed by atoms with Gasteiger partial charge in [-0.15, -0.1) is 0 Å². The number of nitrogens with one attached hydrogen (secondary N) is 3. The van der Waals surface area contributed by atoms with Gasteiger partial charge >= 0.3 is 0 Å². The highest BCUT2D eigenvalue weighted by Gasteiger charge is 2.25. The van der Waals surface area contributed by atoms with Crippen LogP contribution in [0.25, 0.3) is 0 Å². The molecule has 7 nitrogen and oxygen atoms in total. The van der Waals surface area contributed by atoms with Gasteiger partial charge in [0.2, 0.25) is 5.95 Å². The Morgan fingerprint density at radius 3 is 2.64 bits per heavy atom. The summed E-state index contributed by atoms with van der Waals surface area (Å²) in [6, 6.07) is 6.76. The van der Waals surface area contributed by atoms with E-state index < -0.39 is 17.7 Å². The number of nitrogens with zero attached hydrogens (tertiary/aromatic N) is 3. The summed E-state index contributed by atoms with van der Waals surface area (Å²) >= 11 is 0. The second-order valence-electron chi connectivity index (χ2n) is 6.88. The van der Waals surface area contributed by atoms with Crippen LogP contribution in [-0.2, 0) is 0 Å². The number of hydrogen-bond acceptors (Lipinski definition) is 6. The van der Waals surface area contributed by atoms with Gasteiger partial charge in [0.05, 0.1) is 6.04 Å². The highest BCUT2D eigenvalue weighted by molar-refractivity contribution is 5.59. The van der Waals surface area contributed by atoms with Crippen molar-refractivity contribution in [1.29, 1.82) is 0 Å². The molecular formula is C19H21F2N7. The van der Waals surface area contributed by atoms with Crippen LogP contribution in [0.15, 0.2) is 30.3 Å². The van der Waals surface area contributed by atoms with Gasteiger partial charge in [0.15, 0.2) is 5.82 Å². The predicted molar refractivity (Wildman–Crippen MR) is 103 cm³/mol. The van der Waals surface area contributed by atoms with Gasteiger partial charge < -0.3 is 16.4 Å². The van der Waals surface area contributed by atoms with Crippen molar-refractivity contribution in [2.45, 2.75) is 38.1 Å². The molecule has 0 bridgehead atoms. The van der Waals surface area contributed by atoms with E-state index in [9.17, 15) is 8.78 Å². The number of rotatable bonds is 7. The lowest BCUT2D eigenvalue weighted by Gasteiger charge is -2.19. The maximum Gasteiger partial charge on any atom is 0.223 e. The average molecular weight is 385 g/mol. The summed E-state index contributed by atoms with van der Waals surface area (Å²) in [6.07, 6.45) is 2.92. The van der Waals surface area contributed by atoms with Crippen LogP contribution in [0, 0.1) is 11.6 Å². The van der Waals surface area contributed by atoms with E-state index in [1.807, 2.05) is 13.0 Å². The molecule has 9 heteroatoms. The van der Waals surface area contributed by atoms with Crippen LogP contribution in [0.3, 0.4) is 0 Å². The highest BCUT2D eigenvalue weighted by Crippen LogP contribution is 2.39. The Hall–Kier alpha value is -3.23. The van der Waals surface area contributed by atoms with E-state index in [0.717, 1.165) is 11.8 Å². The predicted octanol–water partition coefficient (Wildman–Crippen LogP) is 4.24. The van der Waals surface area contributed by atoms with Gasteiger partial charge in [0.25, 0.3) is 0 Å². The minimum Gasteiger partial charge on any atom is -0.368 e. The van der Waals surface area contributed by atoms with Gasteiger partial charge in [0, 0.05) is 35.4 Å². The third kappa shape index (κ3) is 4.03. The third-order valence-electron chi connectivity index (χ3n) is 4.68. The number of aromatic amines is 1.